The molecule has 2 aliphatic rings. The maximum atomic E-state index is 11.2. The number of rotatable bonds is 3. The molecule has 0 aromatic carbocycles. The number of carbonyl (C=O) groups excluding carboxylic acids is 1. The van der Waals surface area contributed by atoms with Crippen LogP contribution in [0.4, 0.5) is 0 Å². The van der Waals surface area contributed by atoms with Gasteiger partial charge in [-0.05, 0) is 6.42 Å². The molecule has 0 aliphatic carbocycles. The molecule has 0 aromatic heterocycles. The molecule has 0 saturated carbocycles. The SMILES string of the molecule is CCCC1=C(C(=O)O)N2C(=O)CC2S1. The van der Waals surface area contributed by atoms with E-state index in [0.717, 1.165) is 17.7 Å². The molecule has 14 heavy (non-hydrogen) atoms. The van der Waals surface area contributed by atoms with Gasteiger partial charge >= 0.3 is 5.97 Å². The molecule has 1 amide bonds. The normalized spacial score (nSPS) is 25.1. The standard InChI is InChI=1S/C9H11NO3S/c1-2-3-5-8(9(12)13)10-6(11)4-7(10)14-5/h7H,2-4H2,1H3,(H,12,13). The fourth-order valence-corrected chi connectivity index (χ4v) is 3.23. The number of hydrogen-bond donors (Lipinski definition) is 1. The Kier molecular flexibility index (Phi) is 2.26. The third-order valence-corrected chi connectivity index (χ3v) is 3.70. The summed E-state index contributed by atoms with van der Waals surface area (Å²) >= 11 is 1.53. The van der Waals surface area contributed by atoms with Gasteiger partial charge in [0.05, 0.1) is 11.8 Å². The van der Waals surface area contributed by atoms with E-state index in [9.17, 15) is 9.59 Å². The van der Waals surface area contributed by atoms with Gasteiger partial charge in [0, 0.05) is 4.91 Å². The first-order valence-electron chi connectivity index (χ1n) is 4.60. The lowest BCUT2D eigenvalue weighted by molar-refractivity contribution is -0.145. The van der Waals surface area contributed by atoms with Gasteiger partial charge < -0.3 is 5.11 Å². The molecule has 5 heteroatoms. The molecular weight excluding hydrogens is 202 g/mol. The molecule has 1 fully saturated rings. The lowest BCUT2D eigenvalue weighted by atomic mass is 10.1. The Morgan fingerprint density at radius 1 is 1.71 bits per heavy atom. The largest absolute Gasteiger partial charge is 0.477 e. The first kappa shape index (κ1) is 9.58. The van der Waals surface area contributed by atoms with E-state index in [1.807, 2.05) is 6.92 Å². The second-order valence-corrected chi connectivity index (χ2v) is 4.64. The molecular formula is C9H11NO3S. The van der Waals surface area contributed by atoms with E-state index in [0.29, 0.717) is 6.42 Å². The van der Waals surface area contributed by atoms with Crippen LogP contribution in [-0.4, -0.2) is 27.3 Å². The number of carbonyl (C=O) groups is 2. The van der Waals surface area contributed by atoms with Gasteiger partial charge in [-0.3, -0.25) is 9.69 Å². The van der Waals surface area contributed by atoms with Crippen LogP contribution in [0.1, 0.15) is 26.2 Å². The number of nitrogens with zero attached hydrogens (tertiary/aromatic N) is 1. The van der Waals surface area contributed by atoms with Gasteiger partial charge in [-0.1, -0.05) is 13.3 Å². The van der Waals surface area contributed by atoms with Crippen molar-refractivity contribution >= 4 is 23.6 Å². The number of thioether (sulfide) groups is 1. The van der Waals surface area contributed by atoms with Crippen LogP contribution in [0.5, 0.6) is 0 Å². The summed E-state index contributed by atoms with van der Waals surface area (Å²) in [6.07, 6.45) is 2.15. The van der Waals surface area contributed by atoms with E-state index in [2.05, 4.69) is 0 Å². The smallest absolute Gasteiger partial charge is 0.353 e. The lowest BCUT2D eigenvalue weighted by Crippen LogP contribution is -2.48. The summed E-state index contributed by atoms with van der Waals surface area (Å²) in [5, 5.41) is 9.05. The fraction of sp³-hybridized carbons (Fsp3) is 0.556. The molecule has 2 aliphatic heterocycles. The van der Waals surface area contributed by atoms with E-state index in [1.54, 1.807) is 0 Å². The molecule has 0 spiro atoms. The number of allylic oxidation sites excluding steroid dienone is 1. The second-order valence-electron chi connectivity index (χ2n) is 3.37. The maximum Gasteiger partial charge on any atom is 0.353 e. The highest BCUT2D eigenvalue weighted by Gasteiger charge is 2.47. The molecule has 1 saturated heterocycles. The number of fused-ring (bicyclic) bond motifs is 1. The van der Waals surface area contributed by atoms with Gasteiger partial charge in [0.2, 0.25) is 5.91 Å². The number of β-lactam (4-membered cyclic amide) rings is 1. The summed E-state index contributed by atoms with van der Waals surface area (Å²) in [6.45, 7) is 2.00. The first-order chi connectivity index (χ1) is 6.65. The first-order valence-corrected chi connectivity index (χ1v) is 5.48. The number of carboxylic acid groups (broad SMARTS) is 1. The van der Waals surface area contributed by atoms with Crippen molar-refractivity contribution < 1.29 is 14.7 Å². The Morgan fingerprint density at radius 2 is 2.43 bits per heavy atom. The number of amides is 1. The Labute approximate surface area is 86.0 Å². The zero-order valence-electron chi connectivity index (χ0n) is 7.82. The van der Waals surface area contributed by atoms with Crippen molar-refractivity contribution in [2.45, 2.75) is 31.6 Å². The molecule has 0 bridgehead atoms. The van der Waals surface area contributed by atoms with Crippen molar-refractivity contribution in [2.75, 3.05) is 0 Å². The van der Waals surface area contributed by atoms with Crippen molar-refractivity contribution in [1.29, 1.82) is 0 Å². The Morgan fingerprint density at radius 3 is 2.93 bits per heavy atom. The molecule has 0 radical (unpaired) electrons. The van der Waals surface area contributed by atoms with Crippen LogP contribution in [0.15, 0.2) is 10.6 Å². The van der Waals surface area contributed by atoms with Gasteiger partial charge in [0.1, 0.15) is 5.70 Å². The van der Waals surface area contributed by atoms with E-state index >= 15 is 0 Å². The maximum absolute atomic E-state index is 11.2. The minimum Gasteiger partial charge on any atom is -0.477 e. The van der Waals surface area contributed by atoms with Crippen LogP contribution in [0.25, 0.3) is 0 Å². The molecule has 2 rings (SSSR count). The summed E-state index contributed by atoms with van der Waals surface area (Å²) in [4.78, 5) is 24.4. The summed E-state index contributed by atoms with van der Waals surface area (Å²) in [7, 11) is 0. The van der Waals surface area contributed by atoms with Gasteiger partial charge in [0.15, 0.2) is 0 Å². The van der Waals surface area contributed by atoms with E-state index in [4.69, 9.17) is 5.11 Å². The highest BCUT2D eigenvalue weighted by molar-refractivity contribution is 8.04. The topological polar surface area (TPSA) is 57.6 Å². The number of hydrogen-bond acceptors (Lipinski definition) is 3. The summed E-state index contributed by atoms with van der Waals surface area (Å²) in [5.74, 6) is -1.04. The van der Waals surface area contributed by atoms with E-state index in [-0.39, 0.29) is 17.0 Å². The number of aliphatic carboxylic acids is 1. The third-order valence-electron chi connectivity index (χ3n) is 2.37. The van der Waals surface area contributed by atoms with Crippen molar-refractivity contribution in [1.82, 2.24) is 4.90 Å². The van der Waals surface area contributed by atoms with Crippen molar-refractivity contribution in [3.05, 3.63) is 10.6 Å². The van der Waals surface area contributed by atoms with Crippen molar-refractivity contribution in [3.8, 4) is 0 Å². The summed E-state index contributed by atoms with van der Waals surface area (Å²) < 4.78 is 0. The van der Waals surface area contributed by atoms with Crippen LogP contribution in [0, 0.1) is 0 Å². The quantitative estimate of drug-likeness (QED) is 0.720. The zero-order chi connectivity index (χ0) is 10.3. The molecule has 1 N–H and O–H groups in total. The zero-order valence-corrected chi connectivity index (χ0v) is 8.63. The molecule has 1 unspecified atom stereocenters. The predicted molar refractivity (Wildman–Crippen MR) is 52.4 cm³/mol. The van der Waals surface area contributed by atoms with Crippen molar-refractivity contribution in [2.24, 2.45) is 0 Å². The molecule has 0 aromatic rings. The van der Waals surface area contributed by atoms with Crippen LogP contribution in [0.2, 0.25) is 0 Å². The highest BCUT2D eigenvalue weighted by atomic mass is 32.2. The van der Waals surface area contributed by atoms with Crippen LogP contribution in [0.3, 0.4) is 0 Å². The van der Waals surface area contributed by atoms with Crippen LogP contribution in [-0.2, 0) is 9.59 Å². The Balaban J connectivity index is 2.28. The predicted octanol–water partition coefficient (Wildman–Crippen LogP) is 1.39. The minimum absolute atomic E-state index is 0.0639. The van der Waals surface area contributed by atoms with E-state index in [1.165, 1.54) is 16.7 Å². The fourth-order valence-electron chi connectivity index (χ4n) is 1.73. The Hall–Kier alpha value is -0.970. The lowest BCUT2D eigenvalue weighted by Gasteiger charge is -2.33. The van der Waals surface area contributed by atoms with Gasteiger partial charge in [-0.15, -0.1) is 11.8 Å². The molecule has 4 nitrogen and oxygen atoms in total. The van der Waals surface area contributed by atoms with Crippen molar-refractivity contribution in [3.63, 3.8) is 0 Å². The van der Waals surface area contributed by atoms with Gasteiger partial charge in [-0.2, -0.15) is 0 Å². The Bertz CT molecular complexity index is 337. The van der Waals surface area contributed by atoms with E-state index < -0.39 is 5.97 Å². The summed E-state index contributed by atoms with van der Waals surface area (Å²) in [5.41, 5.74) is 0.220. The van der Waals surface area contributed by atoms with Crippen LogP contribution >= 0.6 is 11.8 Å². The van der Waals surface area contributed by atoms with Gasteiger partial charge in [0.25, 0.3) is 0 Å². The monoisotopic (exact) mass is 213 g/mol. The average molecular weight is 213 g/mol. The molecule has 76 valence electrons. The second kappa shape index (κ2) is 3.31. The third kappa shape index (κ3) is 1.23. The summed E-state index contributed by atoms with van der Waals surface area (Å²) in [6, 6.07) is 0. The van der Waals surface area contributed by atoms with Gasteiger partial charge in [-0.25, -0.2) is 4.79 Å². The molecule has 2 heterocycles. The number of carboxylic acids is 1. The molecule has 1 atom stereocenters. The van der Waals surface area contributed by atoms with Crippen LogP contribution < -0.4 is 0 Å². The minimum atomic E-state index is -0.975. The highest BCUT2D eigenvalue weighted by Crippen LogP contribution is 2.47. The average Bonchev–Trinajstić information content (AvgIpc) is 2.39.